The van der Waals surface area contributed by atoms with Crippen molar-refractivity contribution in [2.75, 3.05) is 43.6 Å². The number of nitrogens with zero attached hydrogens (tertiary/aromatic N) is 4. The molecule has 0 bridgehead atoms. The summed E-state index contributed by atoms with van der Waals surface area (Å²) in [4.78, 5) is 7.23. The van der Waals surface area contributed by atoms with Crippen molar-refractivity contribution in [2.24, 2.45) is 5.73 Å². The molecular formula is C37H59FN6. The summed E-state index contributed by atoms with van der Waals surface area (Å²) in [7, 11) is 4.01. The molecule has 2 aliphatic rings. The number of anilines is 2. The van der Waals surface area contributed by atoms with Gasteiger partial charge in [0, 0.05) is 44.0 Å². The molecule has 6 nitrogen and oxygen atoms in total. The van der Waals surface area contributed by atoms with Crippen molar-refractivity contribution in [3.05, 3.63) is 64.9 Å². The zero-order valence-corrected chi connectivity index (χ0v) is 27.9. The van der Waals surface area contributed by atoms with Gasteiger partial charge in [-0.2, -0.15) is 0 Å². The third-order valence-corrected chi connectivity index (χ3v) is 9.53. The molecule has 3 heterocycles. The normalized spacial score (nSPS) is 16.8. The number of rotatable bonds is 20. The Balaban J connectivity index is 1.35. The molecule has 0 saturated heterocycles. The van der Waals surface area contributed by atoms with Crippen LogP contribution in [-0.2, 0) is 6.42 Å². The number of halogens is 1. The van der Waals surface area contributed by atoms with Gasteiger partial charge in [-0.3, -0.25) is 10.0 Å². The Labute approximate surface area is 267 Å². The Morgan fingerprint density at radius 2 is 1.50 bits per heavy atom. The van der Waals surface area contributed by atoms with Crippen LogP contribution in [0.4, 0.5) is 15.9 Å². The van der Waals surface area contributed by atoms with Crippen LogP contribution < -0.4 is 21.0 Å². The van der Waals surface area contributed by atoms with Crippen LogP contribution in [0.1, 0.15) is 127 Å². The van der Waals surface area contributed by atoms with Crippen molar-refractivity contribution in [3.8, 4) is 0 Å². The van der Waals surface area contributed by atoms with Gasteiger partial charge >= 0.3 is 0 Å². The molecule has 7 heteroatoms. The number of hydrogen-bond acceptors (Lipinski definition) is 6. The van der Waals surface area contributed by atoms with E-state index in [0.29, 0.717) is 12.4 Å². The van der Waals surface area contributed by atoms with Crippen LogP contribution in [0.3, 0.4) is 0 Å². The minimum atomic E-state index is -0.275. The molecule has 244 valence electrons. The maximum atomic E-state index is 15.3. The van der Waals surface area contributed by atoms with Gasteiger partial charge in [0.2, 0.25) is 0 Å². The molecule has 0 saturated carbocycles. The molecule has 0 fully saturated rings. The van der Waals surface area contributed by atoms with Crippen LogP contribution in [0.25, 0.3) is 0 Å². The van der Waals surface area contributed by atoms with Gasteiger partial charge < -0.3 is 16.0 Å². The minimum Gasteiger partial charge on any atom is -0.341 e. The summed E-state index contributed by atoms with van der Waals surface area (Å²) >= 11 is 0. The van der Waals surface area contributed by atoms with E-state index < -0.39 is 0 Å². The molecular weight excluding hydrogens is 547 g/mol. The SMILES string of the molecule is CCCCCCCCCCCCCCCCC1=C(N2CC[C@@H](N)c3ccccc32)CN(c2nc(CCNC)ccc2F)N1C. The van der Waals surface area contributed by atoms with Crippen LogP contribution in [0, 0.1) is 5.82 Å². The second-order valence-electron chi connectivity index (χ2n) is 12.9. The maximum Gasteiger partial charge on any atom is 0.184 e. The number of nitrogens with one attached hydrogen (secondary N) is 1. The van der Waals surface area contributed by atoms with Gasteiger partial charge in [-0.05, 0) is 50.1 Å². The maximum absolute atomic E-state index is 15.3. The monoisotopic (exact) mass is 606 g/mol. The predicted molar refractivity (Wildman–Crippen MR) is 184 cm³/mol. The summed E-state index contributed by atoms with van der Waals surface area (Å²) in [6, 6.07) is 11.9. The second kappa shape index (κ2) is 18.4. The van der Waals surface area contributed by atoms with Gasteiger partial charge in [-0.15, -0.1) is 0 Å². The van der Waals surface area contributed by atoms with Crippen LogP contribution in [0.5, 0.6) is 0 Å². The van der Waals surface area contributed by atoms with Crippen LogP contribution in [0.15, 0.2) is 47.8 Å². The highest BCUT2D eigenvalue weighted by molar-refractivity contribution is 5.63. The van der Waals surface area contributed by atoms with Crippen molar-refractivity contribution in [1.82, 2.24) is 15.3 Å². The summed E-state index contributed by atoms with van der Waals surface area (Å²) < 4.78 is 15.3. The zero-order chi connectivity index (χ0) is 31.1. The van der Waals surface area contributed by atoms with Gasteiger partial charge in [0.1, 0.15) is 0 Å². The van der Waals surface area contributed by atoms with Gasteiger partial charge in [-0.25, -0.2) is 9.37 Å². The lowest BCUT2D eigenvalue weighted by atomic mass is 9.96. The lowest BCUT2D eigenvalue weighted by Crippen LogP contribution is -2.37. The first kappa shape index (κ1) is 34.2. The molecule has 44 heavy (non-hydrogen) atoms. The molecule has 1 aromatic carbocycles. The lowest BCUT2D eigenvalue weighted by Gasteiger charge is -2.35. The van der Waals surface area contributed by atoms with Crippen LogP contribution in [-0.4, -0.2) is 43.7 Å². The fourth-order valence-electron chi connectivity index (χ4n) is 6.84. The van der Waals surface area contributed by atoms with Crippen LogP contribution in [0.2, 0.25) is 0 Å². The number of nitrogens with two attached hydrogens (primary N) is 1. The largest absolute Gasteiger partial charge is 0.341 e. The first-order valence-electron chi connectivity index (χ1n) is 17.7. The minimum absolute atomic E-state index is 0.0514. The van der Waals surface area contributed by atoms with E-state index in [4.69, 9.17) is 10.7 Å². The highest BCUT2D eigenvalue weighted by Crippen LogP contribution is 2.40. The van der Waals surface area contributed by atoms with E-state index in [1.54, 1.807) is 12.1 Å². The Kier molecular flexibility index (Phi) is 14.3. The van der Waals surface area contributed by atoms with E-state index in [2.05, 4.69) is 53.5 Å². The van der Waals surface area contributed by atoms with Gasteiger partial charge in [0.15, 0.2) is 11.6 Å². The Hall–Kier alpha value is -2.64. The van der Waals surface area contributed by atoms with E-state index in [1.807, 2.05) is 12.1 Å². The fraction of sp³-hybridized carbons (Fsp3) is 0.649. The summed E-state index contributed by atoms with van der Waals surface area (Å²) in [6.07, 6.45) is 21.6. The number of unbranched alkanes of at least 4 members (excludes halogenated alkanes) is 13. The number of hydrazine groups is 1. The van der Waals surface area contributed by atoms with Crippen molar-refractivity contribution in [2.45, 2.75) is 122 Å². The van der Waals surface area contributed by atoms with Gasteiger partial charge in [0.05, 0.1) is 17.9 Å². The van der Waals surface area contributed by atoms with E-state index in [9.17, 15) is 0 Å². The number of likely N-dealkylation sites (N-methyl/N-ethyl adjacent to an activating group) is 1. The molecule has 0 spiro atoms. The molecule has 3 N–H and O–H groups in total. The number of hydrogen-bond donors (Lipinski definition) is 2. The van der Waals surface area contributed by atoms with Gasteiger partial charge in [0.25, 0.3) is 0 Å². The number of para-hydroxylation sites is 1. The number of benzene rings is 1. The first-order chi connectivity index (χ1) is 21.5. The summed E-state index contributed by atoms with van der Waals surface area (Å²) in [5, 5.41) is 7.38. The summed E-state index contributed by atoms with van der Waals surface area (Å²) in [5.74, 6) is 0.139. The predicted octanol–water partition coefficient (Wildman–Crippen LogP) is 8.64. The van der Waals surface area contributed by atoms with Gasteiger partial charge in [-0.1, -0.05) is 109 Å². The quantitative estimate of drug-likeness (QED) is 0.147. The van der Waals surface area contributed by atoms with Crippen LogP contribution >= 0.6 is 0 Å². The molecule has 1 atom stereocenters. The standard InChI is InChI=1S/C37H59FN6/c1-4-5-6-7-8-9-10-11-12-13-14-15-16-17-22-35-36(43-28-26-33(39)31-20-18-19-21-34(31)43)29-44(42(35)3)37-32(38)24-23-30(41-37)25-27-40-2/h18-21,23-24,33,40H,4-17,22,25-29,39H2,1-3H3/t33-/m1/s1. The van der Waals surface area contributed by atoms with Crippen molar-refractivity contribution in [1.29, 1.82) is 0 Å². The molecule has 0 amide bonds. The van der Waals surface area contributed by atoms with E-state index >= 15 is 4.39 Å². The third-order valence-electron chi connectivity index (χ3n) is 9.53. The Bertz CT molecular complexity index is 1170. The topological polar surface area (TPSA) is 60.7 Å². The molecule has 0 aliphatic carbocycles. The van der Waals surface area contributed by atoms with E-state index in [-0.39, 0.29) is 11.9 Å². The zero-order valence-electron chi connectivity index (χ0n) is 27.9. The van der Waals surface area contributed by atoms with Crippen molar-refractivity contribution in [3.63, 3.8) is 0 Å². The average Bonchev–Trinajstić information content (AvgIpc) is 3.36. The highest BCUT2D eigenvalue weighted by atomic mass is 19.1. The fourth-order valence-corrected chi connectivity index (χ4v) is 6.84. The summed E-state index contributed by atoms with van der Waals surface area (Å²) in [5.41, 5.74) is 12.3. The molecule has 4 rings (SSSR count). The third kappa shape index (κ3) is 9.43. The van der Waals surface area contributed by atoms with E-state index in [1.165, 1.54) is 106 Å². The second-order valence-corrected chi connectivity index (χ2v) is 12.9. The van der Waals surface area contributed by atoms with E-state index in [0.717, 1.165) is 44.5 Å². The summed E-state index contributed by atoms with van der Waals surface area (Å²) in [6.45, 7) is 4.57. The van der Waals surface area contributed by atoms with Crippen molar-refractivity contribution >= 4 is 11.5 Å². The molecule has 0 unspecified atom stereocenters. The molecule has 2 aliphatic heterocycles. The molecule has 2 aromatic rings. The Morgan fingerprint density at radius 3 is 2.16 bits per heavy atom. The molecule has 1 aromatic heterocycles. The Morgan fingerprint density at radius 1 is 0.864 bits per heavy atom. The smallest absolute Gasteiger partial charge is 0.184 e. The number of fused-ring (bicyclic) bond motifs is 1. The average molecular weight is 607 g/mol. The first-order valence-corrected chi connectivity index (χ1v) is 17.7. The molecule has 0 radical (unpaired) electrons. The highest BCUT2D eigenvalue weighted by Gasteiger charge is 2.35. The number of aromatic nitrogens is 1. The number of allylic oxidation sites excluding steroid dienone is 1. The van der Waals surface area contributed by atoms with Crippen molar-refractivity contribution < 1.29 is 4.39 Å². The lowest BCUT2D eigenvalue weighted by molar-refractivity contribution is 0.390. The number of pyridine rings is 1.